The van der Waals surface area contributed by atoms with Crippen LogP contribution in [0.15, 0.2) is 36.4 Å². The number of aliphatic hydroxyl groups excluding tert-OH is 3. The number of nitrogens with zero attached hydrogens (tertiary/aromatic N) is 1. The van der Waals surface area contributed by atoms with Gasteiger partial charge in [-0.15, -0.1) is 0 Å². The molecule has 2 atom stereocenters. The Morgan fingerprint density at radius 1 is 1.12 bits per heavy atom. The number of ketones is 1. The van der Waals surface area contributed by atoms with Crippen molar-refractivity contribution < 1.29 is 29.6 Å². The number of hydrogen-bond acceptors (Lipinski definition) is 6. The predicted octanol–water partition coefficient (Wildman–Crippen LogP) is 1.83. The molecule has 0 saturated heterocycles. The molecule has 1 amide bonds. The molecular formula is C25H28N2O6. The molecule has 8 nitrogen and oxygen atoms in total. The first kappa shape index (κ1) is 23.0. The summed E-state index contributed by atoms with van der Waals surface area (Å²) in [6.07, 6.45) is -2.53. The molecule has 3 aromatic rings. The minimum atomic E-state index is -1.29. The summed E-state index contributed by atoms with van der Waals surface area (Å²) in [7, 11) is 3.39. The minimum Gasteiger partial charge on any atom is -0.491 e. The molecule has 4 rings (SSSR count). The highest BCUT2D eigenvalue weighted by molar-refractivity contribution is 6.20. The number of H-pyrrole nitrogens is 1. The third-order valence-corrected chi connectivity index (χ3v) is 6.26. The SMILES string of the molecule is CN(C)C(=O)c1ccc2c3c([nH]c2c1)C(C)(C)c1cc(OCC(O)C(O)CO)ccc1C3=O. The molecule has 4 N–H and O–H groups in total. The molecule has 0 saturated carbocycles. The van der Waals surface area contributed by atoms with Crippen LogP contribution in [0.3, 0.4) is 0 Å². The van der Waals surface area contributed by atoms with Gasteiger partial charge >= 0.3 is 0 Å². The smallest absolute Gasteiger partial charge is 0.253 e. The number of carbonyl (C=O) groups is 2. The van der Waals surface area contributed by atoms with E-state index in [-0.39, 0.29) is 18.3 Å². The van der Waals surface area contributed by atoms with E-state index < -0.39 is 24.2 Å². The zero-order chi connectivity index (χ0) is 24.1. The van der Waals surface area contributed by atoms with Crippen LogP contribution in [-0.2, 0) is 5.41 Å². The molecule has 0 spiro atoms. The van der Waals surface area contributed by atoms with Gasteiger partial charge in [0.05, 0.1) is 12.2 Å². The highest BCUT2D eigenvalue weighted by Gasteiger charge is 2.40. The average molecular weight is 453 g/mol. The zero-order valence-electron chi connectivity index (χ0n) is 19.0. The lowest BCUT2D eigenvalue weighted by molar-refractivity contribution is -0.0339. The maximum atomic E-state index is 13.5. The molecule has 174 valence electrons. The Balaban J connectivity index is 1.74. The molecule has 0 aliphatic heterocycles. The standard InChI is InChI=1S/C25H28N2O6/c1-25(2)17-10-14(33-12-20(30)19(29)11-28)6-8-15(17)22(31)21-16-7-5-13(24(32)27(3)4)9-18(16)26-23(21)25/h5-10,19-20,26,28-30H,11-12H2,1-4H3. The number of aliphatic hydroxyl groups is 3. The monoisotopic (exact) mass is 452 g/mol. The van der Waals surface area contributed by atoms with Crippen LogP contribution in [0.5, 0.6) is 5.75 Å². The van der Waals surface area contributed by atoms with Gasteiger partial charge in [0.2, 0.25) is 0 Å². The Bertz CT molecular complexity index is 1240. The molecule has 1 aliphatic rings. The lowest BCUT2D eigenvalue weighted by atomic mass is 9.71. The number of nitrogens with one attached hydrogen (secondary N) is 1. The van der Waals surface area contributed by atoms with E-state index in [2.05, 4.69) is 4.98 Å². The van der Waals surface area contributed by atoms with Crippen molar-refractivity contribution in [2.24, 2.45) is 0 Å². The lowest BCUT2D eigenvalue weighted by Crippen LogP contribution is -2.34. The van der Waals surface area contributed by atoms with Crippen molar-refractivity contribution in [1.29, 1.82) is 0 Å². The van der Waals surface area contributed by atoms with Crippen LogP contribution in [0.2, 0.25) is 0 Å². The fourth-order valence-corrected chi connectivity index (χ4v) is 4.31. The Kier molecular flexibility index (Phi) is 5.78. The average Bonchev–Trinajstić information content (AvgIpc) is 3.20. The van der Waals surface area contributed by atoms with E-state index in [4.69, 9.17) is 9.84 Å². The molecule has 33 heavy (non-hydrogen) atoms. The predicted molar refractivity (Wildman–Crippen MR) is 123 cm³/mol. The molecule has 8 heteroatoms. The first-order valence-corrected chi connectivity index (χ1v) is 10.7. The van der Waals surface area contributed by atoms with Crippen molar-refractivity contribution in [3.8, 4) is 5.75 Å². The Morgan fingerprint density at radius 2 is 1.85 bits per heavy atom. The molecule has 2 aromatic carbocycles. The maximum Gasteiger partial charge on any atom is 0.253 e. The van der Waals surface area contributed by atoms with Crippen LogP contribution in [-0.4, -0.2) is 76.4 Å². The molecule has 1 heterocycles. The highest BCUT2D eigenvalue weighted by Crippen LogP contribution is 2.44. The molecule has 1 aliphatic carbocycles. The number of aromatic amines is 1. The van der Waals surface area contributed by atoms with Gasteiger partial charge in [-0.2, -0.15) is 0 Å². The van der Waals surface area contributed by atoms with Gasteiger partial charge in [0, 0.05) is 47.2 Å². The van der Waals surface area contributed by atoms with Gasteiger partial charge in [-0.3, -0.25) is 9.59 Å². The molecule has 0 radical (unpaired) electrons. The summed E-state index contributed by atoms with van der Waals surface area (Å²) in [4.78, 5) is 30.7. The van der Waals surface area contributed by atoms with E-state index in [9.17, 15) is 19.8 Å². The first-order valence-electron chi connectivity index (χ1n) is 10.7. The van der Waals surface area contributed by atoms with Gasteiger partial charge in [-0.05, 0) is 35.9 Å². The van der Waals surface area contributed by atoms with Crippen molar-refractivity contribution in [2.45, 2.75) is 31.5 Å². The van der Waals surface area contributed by atoms with E-state index in [0.29, 0.717) is 22.4 Å². The second kappa shape index (κ2) is 8.30. The summed E-state index contributed by atoms with van der Waals surface area (Å²) >= 11 is 0. The summed E-state index contributed by atoms with van der Waals surface area (Å²) in [5, 5.41) is 29.1. The van der Waals surface area contributed by atoms with E-state index in [1.54, 1.807) is 44.4 Å². The third kappa shape index (κ3) is 3.80. The van der Waals surface area contributed by atoms with Crippen LogP contribution in [0.1, 0.15) is 51.4 Å². The van der Waals surface area contributed by atoms with Gasteiger partial charge in [0.25, 0.3) is 5.91 Å². The molecule has 0 fully saturated rings. The van der Waals surface area contributed by atoms with Crippen molar-refractivity contribution >= 4 is 22.6 Å². The number of fused-ring (bicyclic) bond motifs is 4. The van der Waals surface area contributed by atoms with Gasteiger partial charge in [-0.1, -0.05) is 19.9 Å². The number of carbonyl (C=O) groups excluding carboxylic acids is 2. The molecule has 1 aromatic heterocycles. The van der Waals surface area contributed by atoms with Gasteiger partial charge in [0.1, 0.15) is 24.6 Å². The van der Waals surface area contributed by atoms with Crippen LogP contribution in [0.4, 0.5) is 0 Å². The highest BCUT2D eigenvalue weighted by atomic mass is 16.5. The largest absolute Gasteiger partial charge is 0.491 e. The van der Waals surface area contributed by atoms with E-state index >= 15 is 0 Å². The maximum absolute atomic E-state index is 13.5. The fourth-order valence-electron chi connectivity index (χ4n) is 4.31. The Labute approximate surface area is 191 Å². The topological polar surface area (TPSA) is 123 Å². The second-order valence-electron chi connectivity index (χ2n) is 9.12. The summed E-state index contributed by atoms with van der Waals surface area (Å²) in [5.74, 6) is 0.213. The fraction of sp³-hybridized carbons (Fsp3) is 0.360. The summed E-state index contributed by atoms with van der Waals surface area (Å²) < 4.78 is 5.61. The van der Waals surface area contributed by atoms with Crippen molar-refractivity contribution in [3.05, 3.63) is 64.3 Å². The quantitative estimate of drug-likeness (QED) is 0.453. The molecule has 2 unspecified atom stereocenters. The second-order valence-corrected chi connectivity index (χ2v) is 9.12. The minimum absolute atomic E-state index is 0.112. The number of aromatic nitrogens is 1. The number of rotatable bonds is 6. The van der Waals surface area contributed by atoms with Crippen LogP contribution in [0, 0.1) is 0 Å². The summed E-state index contributed by atoms with van der Waals surface area (Å²) in [6.45, 7) is 3.25. The Morgan fingerprint density at radius 3 is 2.52 bits per heavy atom. The van der Waals surface area contributed by atoms with Crippen LogP contribution >= 0.6 is 0 Å². The lowest BCUT2D eigenvalue weighted by Gasteiger charge is -2.32. The molecular weight excluding hydrogens is 424 g/mol. The van der Waals surface area contributed by atoms with Gasteiger partial charge < -0.3 is 29.9 Å². The van der Waals surface area contributed by atoms with Crippen LogP contribution in [0.25, 0.3) is 10.9 Å². The Hall–Kier alpha value is -3.20. The number of hydrogen-bond donors (Lipinski definition) is 4. The first-order chi connectivity index (χ1) is 15.6. The summed E-state index contributed by atoms with van der Waals surface area (Å²) in [6, 6.07) is 10.4. The normalized spacial score (nSPS) is 16.2. The van der Waals surface area contributed by atoms with Gasteiger partial charge in [-0.25, -0.2) is 0 Å². The van der Waals surface area contributed by atoms with Crippen molar-refractivity contribution in [3.63, 3.8) is 0 Å². The summed E-state index contributed by atoms with van der Waals surface area (Å²) in [5.41, 5.74) is 3.38. The third-order valence-electron chi connectivity index (χ3n) is 6.26. The zero-order valence-corrected chi connectivity index (χ0v) is 19.0. The number of amides is 1. The van der Waals surface area contributed by atoms with E-state index in [1.807, 2.05) is 19.9 Å². The van der Waals surface area contributed by atoms with Crippen molar-refractivity contribution in [2.75, 3.05) is 27.3 Å². The van der Waals surface area contributed by atoms with Crippen LogP contribution < -0.4 is 4.74 Å². The van der Waals surface area contributed by atoms with E-state index in [0.717, 1.165) is 22.2 Å². The molecule has 0 bridgehead atoms. The van der Waals surface area contributed by atoms with E-state index in [1.165, 1.54) is 4.90 Å². The van der Waals surface area contributed by atoms with Gasteiger partial charge in [0.15, 0.2) is 5.78 Å². The number of ether oxygens (including phenoxy) is 1. The van der Waals surface area contributed by atoms with Crippen molar-refractivity contribution in [1.82, 2.24) is 9.88 Å². The number of benzene rings is 2.